The molecule has 0 spiro atoms. The first-order valence-corrected chi connectivity index (χ1v) is 7.32. The molecule has 0 aromatic heterocycles. The molecule has 3 amide bonds. The maximum absolute atomic E-state index is 12.4. The van der Waals surface area contributed by atoms with Gasteiger partial charge in [-0.2, -0.15) is 0 Å². The Morgan fingerprint density at radius 2 is 2.29 bits per heavy atom. The summed E-state index contributed by atoms with van der Waals surface area (Å²) < 4.78 is 4.86. The topological polar surface area (TPSA) is 99.8 Å². The second-order valence-electron chi connectivity index (χ2n) is 5.23. The molecule has 21 heavy (non-hydrogen) atoms. The summed E-state index contributed by atoms with van der Waals surface area (Å²) in [5.41, 5.74) is 0. The average molecular weight is 298 g/mol. The number of alkyl carbamates (subject to hydrolysis) is 1. The van der Waals surface area contributed by atoms with Gasteiger partial charge in [-0.25, -0.2) is 4.79 Å². The highest BCUT2D eigenvalue weighted by Crippen LogP contribution is 2.12. The number of nitrogens with one attached hydrogen (secondary N) is 3. The summed E-state index contributed by atoms with van der Waals surface area (Å²) in [6.45, 7) is 3.70. The van der Waals surface area contributed by atoms with E-state index in [2.05, 4.69) is 16.0 Å². The van der Waals surface area contributed by atoms with Crippen molar-refractivity contribution in [3.05, 3.63) is 0 Å². The van der Waals surface area contributed by atoms with E-state index in [4.69, 9.17) is 4.74 Å². The number of hydrogen-bond acceptors (Lipinski definition) is 5. The van der Waals surface area contributed by atoms with Crippen molar-refractivity contribution in [1.29, 1.82) is 0 Å². The molecular weight excluding hydrogens is 276 g/mol. The predicted octanol–water partition coefficient (Wildman–Crippen LogP) is -1.19. The summed E-state index contributed by atoms with van der Waals surface area (Å²) in [6.07, 6.45) is 1.22. The largest absolute Gasteiger partial charge is 0.450 e. The van der Waals surface area contributed by atoms with Crippen LogP contribution in [0, 0.1) is 0 Å². The quantitative estimate of drug-likeness (QED) is 0.608. The number of likely N-dealkylation sites (tertiary alicyclic amines) is 1. The monoisotopic (exact) mass is 298 g/mol. The van der Waals surface area contributed by atoms with Crippen LogP contribution in [-0.2, 0) is 14.3 Å². The van der Waals surface area contributed by atoms with Crippen LogP contribution < -0.4 is 16.0 Å². The van der Waals surface area contributed by atoms with Crippen LogP contribution in [-0.4, -0.2) is 67.7 Å². The number of piperazine rings is 1. The molecule has 2 saturated heterocycles. The van der Waals surface area contributed by atoms with Gasteiger partial charge in [0.05, 0.1) is 13.2 Å². The van der Waals surface area contributed by atoms with Crippen LogP contribution in [0.15, 0.2) is 0 Å². The SMILES string of the molecule is CCOC(=O)NC1CCCN(C(=O)C2CNC(=O)CN2)C1. The van der Waals surface area contributed by atoms with Crippen molar-refractivity contribution in [3.8, 4) is 0 Å². The molecule has 2 rings (SSSR count). The van der Waals surface area contributed by atoms with Gasteiger partial charge in [-0.05, 0) is 19.8 Å². The normalized spacial score (nSPS) is 26.0. The van der Waals surface area contributed by atoms with E-state index < -0.39 is 6.09 Å². The van der Waals surface area contributed by atoms with Crippen LogP contribution in [0.4, 0.5) is 4.79 Å². The van der Waals surface area contributed by atoms with Gasteiger partial charge >= 0.3 is 6.09 Å². The lowest BCUT2D eigenvalue weighted by Crippen LogP contribution is -2.61. The summed E-state index contributed by atoms with van der Waals surface area (Å²) in [6, 6.07) is -0.469. The number of ether oxygens (including phenoxy) is 1. The van der Waals surface area contributed by atoms with Gasteiger partial charge in [0.1, 0.15) is 6.04 Å². The summed E-state index contributed by atoms with van der Waals surface area (Å²) in [5, 5.41) is 8.37. The van der Waals surface area contributed by atoms with Gasteiger partial charge in [-0.3, -0.25) is 14.9 Å². The Morgan fingerprint density at radius 1 is 1.48 bits per heavy atom. The van der Waals surface area contributed by atoms with Crippen LogP contribution in [0.5, 0.6) is 0 Å². The third-order valence-electron chi connectivity index (χ3n) is 3.64. The van der Waals surface area contributed by atoms with Crippen molar-refractivity contribution in [2.45, 2.75) is 31.8 Å². The van der Waals surface area contributed by atoms with Crippen molar-refractivity contribution in [3.63, 3.8) is 0 Å². The van der Waals surface area contributed by atoms with E-state index in [0.29, 0.717) is 26.2 Å². The predicted molar refractivity (Wildman–Crippen MR) is 74.6 cm³/mol. The van der Waals surface area contributed by atoms with E-state index in [1.165, 1.54) is 0 Å². The molecule has 2 fully saturated rings. The van der Waals surface area contributed by atoms with Crippen molar-refractivity contribution < 1.29 is 19.1 Å². The highest BCUT2D eigenvalue weighted by Gasteiger charge is 2.31. The lowest BCUT2D eigenvalue weighted by atomic mass is 10.0. The van der Waals surface area contributed by atoms with Crippen molar-refractivity contribution in [2.24, 2.45) is 0 Å². The molecule has 2 atom stereocenters. The van der Waals surface area contributed by atoms with Gasteiger partial charge in [0.2, 0.25) is 11.8 Å². The fourth-order valence-electron chi connectivity index (χ4n) is 2.60. The Morgan fingerprint density at radius 3 is 2.95 bits per heavy atom. The molecule has 2 aliphatic rings. The number of rotatable bonds is 3. The Kier molecular flexibility index (Phi) is 5.38. The van der Waals surface area contributed by atoms with Crippen molar-refractivity contribution in [2.75, 3.05) is 32.8 Å². The molecule has 8 heteroatoms. The smallest absolute Gasteiger partial charge is 0.407 e. The Bertz CT molecular complexity index is 405. The van der Waals surface area contributed by atoms with Crippen LogP contribution >= 0.6 is 0 Å². The van der Waals surface area contributed by atoms with Gasteiger partial charge < -0.3 is 20.3 Å². The minimum absolute atomic E-state index is 0.0367. The highest BCUT2D eigenvalue weighted by atomic mass is 16.5. The molecule has 2 aliphatic heterocycles. The molecule has 0 aromatic carbocycles. The van der Waals surface area contributed by atoms with Crippen LogP contribution in [0.25, 0.3) is 0 Å². The summed E-state index contributed by atoms with van der Waals surface area (Å²) in [7, 11) is 0. The number of nitrogens with zero attached hydrogens (tertiary/aromatic N) is 1. The molecule has 8 nitrogen and oxygen atoms in total. The zero-order valence-corrected chi connectivity index (χ0v) is 12.2. The molecule has 0 bridgehead atoms. The first-order chi connectivity index (χ1) is 10.1. The minimum Gasteiger partial charge on any atom is -0.450 e. The fraction of sp³-hybridized carbons (Fsp3) is 0.769. The molecule has 0 radical (unpaired) electrons. The Hall–Kier alpha value is -1.83. The molecule has 2 unspecified atom stereocenters. The van der Waals surface area contributed by atoms with Crippen molar-refractivity contribution >= 4 is 17.9 Å². The summed E-state index contributed by atoms with van der Waals surface area (Å²) >= 11 is 0. The molecule has 118 valence electrons. The number of hydrogen-bond donors (Lipinski definition) is 3. The lowest BCUT2D eigenvalue weighted by molar-refractivity contribution is -0.136. The van der Waals surface area contributed by atoms with Gasteiger partial charge in [-0.1, -0.05) is 0 Å². The molecule has 0 saturated carbocycles. The molecule has 3 N–H and O–H groups in total. The lowest BCUT2D eigenvalue weighted by Gasteiger charge is -2.36. The number of piperidine rings is 1. The Balaban J connectivity index is 1.84. The van der Waals surface area contributed by atoms with Crippen LogP contribution in [0.2, 0.25) is 0 Å². The van der Waals surface area contributed by atoms with Crippen molar-refractivity contribution in [1.82, 2.24) is 20.9 Å². The standard InChI is InChI=1S/C13H22N4O4/c1-2-21-13(20)16-9-4-3-5-17(8-9)12(19)10-6-15-11(18)7-14-10/h9-10,14H,2-8H2,1H3,(H,15,18)(H,16,20). The number of amides is 3. The highest BCUT2D eigenvalue weighted by molar-refractivity contribution is 5.87. The summed E-state index contributed by atoms with van der Waals surface area (Å²) in [5.74, 6) is -0.134. The van der Waals surface area contributed by atoms with Crippen LogP contribution in [0.3, 0.4) is 0 Å². The molecule has 2 heterocycles. The van der Waals surface area contributed by atoms with E-state index in [0.717, 1.165) is 12.8 Å². The van der Waals surface area contributed by atoms with E-state index in [-0.39, 0.29) is 30.4 Å². The van der Waals surface area contributed by atoms with E-state index in [9.17, 15) is 14.4 Å². The summed E-state index contributed by atoms with van der Waals surface area (Å²) in [4.78, 5) is 36.6. The van der Waals surface area contributed by atoms with Gasteiger partial charge in [0, 0.05) is 25.7 Å². The maximum Gasteiger partial charge on any atom is 0.407 e. The van der Waals surface area contributed by atoms with Gasteiger partial charge in [-0.15, -0.1) is 0 Å². The van der Waals surface area contributed by atoms with E-state index >= 15 is 0 Å². The zero-order valence-electron chi connectivity index (χ0n) is 12.2. The molecule has 0 aromatic rings. The fourth-order valence-corrected chi connectivity index (χ4v) is 2.60. The molecular formula is C13H22N4O4. The van der Waals surface area contributed by atoms with Crippen LogP contribution in [0.1, 0.15) is 19.8 Å². The number of carbonyl (C=O) groups is 3. The van der Waals surface area contributed by atoms with E-state index in [1.807, 2.05) is 0 Å². The minimum atomic E-state index is -0.445. The number of carbonyl (C=O) groups excluding carboxylic acids is 3. The van der Waals surface area contributed by atoms with Gasteiger partial charge in [0.25, 0.3) is 0 Å². The van der Waals surface area contributed by atoms with Gasteiger partial charge in [0.15, 0.2) is 0 Å². The zero-order chi connectivity index (χ0) is 15.2. The molecule has 0 aliphatic carbocycles. The maximum atomic E-state index is 12.4. The third kappa shape index (κ3) is 4.32. The second-order valence-corrected chi connectivity index (χ2v) is 5.23. The average Bonchev–Trinajstić information content (AvgIpc) is 2.48. The third-order valence-corrected chi connectivity index (χ3v) is 3.64. The van der Waals surface area contributed by atoms with E-state index in [1.54, 1.807) is 11.8 Å². The first kappa shape index (κ1) is 15.6. The Labute approximate surface area is 123 Å². The first-order valence-electron chi connectivity index (χ1n) is 7.32. The second kappa shape index (κ2) is 7.26.